The third kappa shape index (κ3) is 4.52. The molecule has 0 saturated heterocycles. The summed E-state index contributed by atoms with van der Waals surface area (Å²) in [4.78, 5) is 29.0. The number of anilines is 1. The number of carbonyl (C=O) groups is 2. The van der Waals surface area contributed by atoms with Gasteiger partial charge in [0, 0.05) is 6.42 Å². The van der Waals surface area contributed by atoms with Crippen molar-refractivity contribution >= 4 is 40.6 Å². The molecule has 1 aliphatic rings. The molecule has 0 fully saturated rings. The Morgan fingerprint density at radius 1 is 1.10 bits per heavy atom. The van der Waals surface area contributed by atoms with E-state index < -0.39 is 12.6 Å². The summed E-state index contributed by atoms with van der Waals surface area (Å²) < 4.78 is 15.5. The fourth-order valence-electron chi connectivity index (χ4n) is 2.77. The highest BCUT2D eigenvalue weighted by Crippen LogP contribution is 2.29. The van der Waals surface area contributed by atoms with Gasteiger partial charge in [-0.3, -0.25) is 9.69 Å². The molecule has 0 spiro atoms. The molecule has 0 atom stereocenters. The second kappa shape index (κ2) is 8.70. The van der Waals surface area contributed by atoms with E-state index in [-0.39, 0.29) is 28.9 Å². The van der Waals surface area contributed by atoms with Gasteiger partial charge in [0.1, 0.15) is 18.1 Å². The Kier molecular flexibility index (Phi) is 6.08. The number of nitrogens with zero attached hydrogens (tertiary/aromatic N) is 2. The molecule has 1 amide bonds. The van der Waals surface area contributed by atoms with Gasteiger partial charge in [0.05, 0.1) is 25.9 Å². The molecule has 8 nitrogen and oxygen atoms in total. The highest BCUT2D eigenvalue weighted by molar-refractivity contribution is 7.80. The molecule has 0 aliphatic carbocycles. The summed E-state index contributed by atoms with van der Waals surface area (Å²) in [5.41, 5.74) is 1.62. The van der Waals surface area contributed by atoms with Crippen LogP contribution in [0.5, 0.6) is 17.2 Å². The SMILES string of the molecule is COc1ccc(N2C(=O)C(Cc3ccc(OCC(=O)[O-])c(OC)c3)=NC2=S)cc1. The van der Waals surface area contributed by atoms with Gasteiger partial charge in [0.15, 0.2) is 11.5 Å². The number of benzene rings is 2. The highest BCUT2D eigenvalue weighted by atomic mass is 32.1. The van der Waals surface area contributed by atoms with Crippen LogP contribution in [0.15, 0.2) is 47.5 Å². The Morgan fingerprint density at radius 3 is 2.45 bits per heavy atom. The van der Waals surface area contributed by atoms with Crippen LogP contribution in [0.3, 0.4) is 0 Å². The van der Waals surface area contributed by atoms with Gasteiger partial charge in [-0.05, 0) is 54.2 Å². The van der Waals surface area contributed by atoms with Crippen LogP contribution in [0.25, 0.3) is 0 Å². The van der Waals surface area contributed by atoms with Crippen molar-refractivity contribution < 1.29 is 28.9 Å². The number of rotatable bonds is 8. The second-order valence-electron chi connectivity index (χ2n) is 6.00. The minimum Gasteiger partial charge on any atom is -0.546 e. The highest BCUT2D eigenvalue weighted by Gasteiger charge is 2.31. The summed E-state index contributed by atoms with van der Waals surface area (Å²) in [6.07, 6.45) is 0.225. The van der Waals surface area contributed by atoms with Crippen LogP contribution < -0.4 is 24.2 Å². The van der Waals surface area contributed by atoms with Gasteiger partial charge < -0.3 is 24.1 Å². The average Bonchev–Trinajstić information content (AvgIpc) is 2.99. The summed E-state index contributed by atoms with van der Waals surface area (Å²) in [5.74, 6) is -0.383. The topological polar surface area (TPSA) is 100 Å². The van der Waals surface area contributed by atoms with Crippen LogP contribution in [0, 0.1) is 0 Å². The number of carbonyl (C=O) groups excluding carboxylic acids is 2. The normalized spacial score (nSPS) is 13.3. The minimum atomic E-state index is -1.34. The number of methoxy groups -OCH3 is 2. The van der Waals surface area contributed by atoms with E-state index in [0.717, 1.165) is 5.56 Å². The Hall–Kier alpha value is -3.46. The zero-order chi connectivity index (χ0) is 21.0. The van der Waals surface area contributed by atoms with Crippen molar-refractivity contribution in [3.8, 4) is 17.2 Å². The number of ether oxygens (including phenoxy) is 3. The maximum absolute atomic E-state index is 12.8. The second-order valence-corrected chi connectivity index (χ2v) is 6.37. The predicted molar refractivity (Wildman–Crippen MR) is 108 cm³/mol. The van der Waals surface area contributed by atoms with Crippen LogP contribution in [0.1, 0.15) is 5.56 Å². The van der Waals surface area contributed by atoms with E-state index in [4.69, 9.17) is 26.4 Å². The van der Waals surface area contributed by atoms with Crippen LogP contribution >= 0.6 is 12.2 Å². The van der Waals surface area contributed by atoms with Crippen LogP contribution in [-0.4, -0.2) is 43.5 Å². The molecular formula is C20H17N2O6S-. The van der Waals surface area contributed by atoms with Crippen molar-refractivity contribution in [3.63, 3.8) is 0 Å². The molecule has 1 aliphatic heterocycles. The van der Waals surface area contributed by atoms with Gasteiger partial charge in [0.2, 0.25) is 5.11 Å². The smallest absolute Gasteiger partial charge is 0.279 e. The number of aliphatic carboxylic acids is 1. The summed E-state index contributed by atoms with van der Waals surface area (Å²) in [6.45, 7) is -0.591. The number of thiocarbonyl (C=S) groups is 1. The van der Waals surface area contributed by atoms with Crippen LogP contribution in [0.4, 0.5) is 5.69 Å². The Bertz CT molecular complexity index is 987. The lowest BCUT2D eigenvalue weighted by Gasteiger charge is -2.15. The van der Waals surface area contributed by atoms with Crippen molar-refractivity contribution in [1.82, 2.24) is 0 Å². The van der Waals surface area contributed by atoms with Crippen LogP contribution in [0.2, 0.25) is 0 Å². The first-order valence-corrected chi connectivity index (χ1v) is 8.93. The van der Waals surface area contributed by atoms with E-state index in [2.05, 4.69) is 4.99 Å². The predicted octanol–water partition coefficient (Wildman–Crippen LogP) is 1.15. The van der Waals surface area contributed by atoms with E-state index in [1.54, 1.807) is 49.6 Å². The van der Waals surface area contributed by atoms with E-state index >= 15 is 0 Å². The number of hydrogen-bond donors (Lipinski definition) is 0. The van der Waals surface area contributed by atoms with E-state index in [9.17, 15) is 14.7 Å². The number of carboxylic acid groups (broad SMARTS) is 1. The molecule has 0 radical (unpaired) electrons. The molecule has 0 saturated carbocycles. The van der Waals surface area contributed by atoms with E-state index in [0.29, 0.717) is 17.2 Å². The van der Waals surface area contributed by atoms with Crippen molar-refractivity contribution in [2.45, 2.75) is 6.42 Å². The van der Waals surface area contributed by atoms with Crippen molar-refractivity contribution in [2.75, 3.05) is 25.7 Å². The first-order valence-electron chi connectivity index (χ1n) is 8.52. The molecule has 0 N–H and O–H groups in total. The summed E-state index contributed by atoms with van der Waals surface area (Å²) in [5, 5.41) is 10.7. The van der Waals surface area contributed by atoms with Crippen LogP contribution in [-0.2, 0) is 16.0 Å². The third-order valence-corrected chi connectivity index (χ3v) is 4.42. The number of amides is 1. The summed E-state index contributed by atoms with van der Waals surface area (Å²) >= 11 is 5.26. The monoisotopic (exact) mass is 413 g/mol. The Morgan fingerprint density at radius 2 is 1.83 bits per heavy atom. The summed E-state index contributed by atoms with van der Waals surface area (Å²) in [7, 11) is 2.99. The van der Waals surface area contributed by atoms with E-state index in [1.165, 1.54) is 12.0 Å². The fraction of sp³-hybridized carbons (Fsp3) is 0.200. The molecule has 29 heavy (non-hydrogen) atoms. The lowest BCUT2D eigenvalue weighted by Crippen LogP contribution is -2.33. The lowest BCUT2D eigenvalue weighted by atomic mass is 10.1. The minimum absolute atomic E-state index is 0.163. The van der Waals surface area contributed by atoms with Crippen molar-refractivity contribution in [3.05, 3.63) is 48.0 Å². The molecule has 0 unspecified atom stereocenters. The van der Waals surface area contributed by atoms with Crippen molar-refractivity contribution in [2.24, 2.45) is 4.99 Å². The number of hydrogen-bond acceptors (Lipinski definition) is 7. The van der Waals surface area contributed by atoms with Gasteiger partial charge in [-0.25, -0.2) is 4.99 Å². The third-order valence-electron chi connectivity index (χ3n) is 4.15. The van der Waals surface area contributed by atoms with Gasteiger partial charge in [-0.1, -0.05) is 6.07 Å². The molecule has 9 heteroatoms. The summed E-state index contributed by atoms with van der Waals surface area (Å²) in [6, 6.07) is 11.8. The van der Waals surface area contributed by atoms with Gasteiger partial charge in [-0.2, -0.15) is 0 Å². The number of aliphatic imine (C=N–C) groups is 1. The quantitative estimate of drug-likeness (QED) is 0.599. The molecule has 2 aromatic carbocycles. The lowest BCUT2D eigenvalue weighted by molar-refractivity contribution is -0.307. The average molecular weight is 413 g/mol. The first kappa shape index (κ1) is 20.3. The zero-order valence-corrected chi connectivity index (χ0v) is 16.5. The number of carboxylic acids is 1. The molecular weight excluding hydrogens is 396 g/mol. The van der Waals surface area contributed by atoms with Crippen molar-refractivity contribution in [1.29, 1.82) is 0 Å². The maximum atomic E-state index is 12.8. The van der Waals surface area contributed by atoms with E-state index in [1.807, 2.05) is 0 Å². The first-order chi connectivity index (χ1) is 13.9. The fourth-order valence-corrected chi connectivity index (χ4v) is 3.07. The molecule has 2 aromatic rings. The molecule has 150 valence electrons. The Labute approximate surface area is 172 Å². The van der Waals surface area contributed by atoms with Gasteiger partial charge in [0.25, 0.3) is 5.91 Å². The standard InChI is InChI=1S/C20H18N2O6S/c1-26-14-6-4-13(5-7-14)22-19(25)15(21-20(22)29)9-12-3-8-16(17(10-12)27-2)28-11-18(23)24/h3-8,10H,9,11H2,1-2H3,(H,23,24)/p-1. The van der Waals surface area contributed by atoms with Gasteiger partial charge >= 0.3 is 0 Å². The Balaban J connectivity index is 1.76. The molecule has 0 aromatic heterocycles. The van der Waals surface area contributed by atoms with Gasteiger partial charge in [-0.15, -0.1) is 0 Å². The molecule has 0 bridgehead atoms. The largest absolute Gasteiger partial charge is 0.546 e. The zero-order valence-electron chi connectivity index (χ0n) is 15.7. The molecule has 3 rings (SSSR count). The molecule has 1 heterocycles. The maximum Gasteiger partial charge on any atom is 0.279 e.